The monoisotopic (exact) mass is 240 g/mol. The molecule has 1 aliphatic heterocycles. The summed E-state index contributed by atoms with van der Waals surface area (Å²) in [6.45, 7) is 4.75. The fourth-order valence-corrected chi connectivity index (χ4v) is 1.74. The van der Waals surface area contributed by atoms with E-state index >= 15 is 0 Å². The molecule has 0 radical (unpaired) electrons. The first-order chi connectivity index (χ1) is 7.84. The molecule has 3 atom stereocenters. The minimum absolute atomic E-state index is 0.0295. The van der Waals surface area contributed by atoms with Gasteiger partial charge in [0.25, 0.3) is 5.56 Å². The molecule has 1 fully saturated rings. The van der Waals surface area contributed by atoms with Gasteiger partial charge >= 0.3 is 5.69 Å². The number of aromatic nitrogens is 2. The lowest BCUT2D eigenvalue weighted by Crippen LogP contribution is -2.45. The van der Waals surface area contributed by atoms with Crippen LogP contribution in [0.4, 0.5) is 0 Å². The van der Waals surface area contributed by atoms with Gasteiger partial charge in [0.15, 0.2) is 5.60 Å². The molecule has 17 heavy (non-hydrogen) atoms. The molecule has 1 saturated heterocycles. The van der Waals surface area contributed by atoms with Crippen molar-refractivity contribution in [2.75, 3.05) is 0 Å². The smallest absolute Gasteiger partial charge is 0.331 e. The Balaban J connectivity index is 2.52. The zero-order valence-electron chi connectivity index (χ0n) is 9.08. The number of aromatic amines is 1. The summed E-state index contributed by atoms with van der Waals surface area (Å²) in [5.74, 6) is -0.0295. The second kappa shape index (κ2) is 3.57. The molecule has 0 unspecified atom stereocenters. The molecule has 7 nitrogen and oxygen atoms in total. The SMILES string of the molecule is C=C1O[C@@H](n2ccc(=O)[nH]c2=O)[C@](C)(O)[C@@H]1O. The van der Waals surface area contributed by atoms with Crippen LogP contribution >= 0.6 is 0 Å². The summed E-state index contributed by atoms with van der Waals surface area (Å²) in [7, 11) is 0. The molecule has 0 bridgehead atoms. The van der Waals surface area contributed by atoms with Gasteiger partial charge in [-0.3, -0.25) is 14.3 Å². The first-order valence-corrected chi connectivity index (χ1v) is 4.91. The summed E-state index contributed by atoms with van der Waals surface area (Å²) in [4.78, 5) is 24.5. The third kappa shape index (κ3) is 1.69. The van der Waals surface area contributed by atoms with Crippen LogP contribution in [0, 0.1) is 0 Å². The zero-order valence-corrected chi connectivity index (χ0v) is 9.08. The van der Waals surface area contributed by atoms with E-state index in [-0.39, 0.29) is 5.76 Å². The highest BCUT2D eigenvalue weighted by molar-refractivity contribution is 5.11. The van der Waals surface area contributed by atoms with Crippen molar-refractivity contribution in [3.63, 3.8) is 0 Å². The van der Waals surface area contributed by atoms with Gasteiger partial charge in [0.2, 0.25) is 6.23 Å². The molecule has 0 spiro atoms. The Hall–Kier alpha value is -1.86. The molecule has 1 aromatic heterocycles. The van der Waals surface area contributed by atoms with Crippen molar-refractivity contribution >= 4 is 0 Å². The fourth-order valence-electron chi connectivity index (χ4n) is 1.74. The second-order valence-electron chi connectivity index (χ2n) is 4.08. The number of rotatable bonds is 1. The molecule has 1 aromatic rings. The fraction of sp³-hybridized carbons (Fsp3) is 0.400. The van der Waals surface area contributed by atoms with E-state index < -0.39 is 29.2 Å². The quantitative estimate of drug-likeness (QED) is 0.565. The largest absolute Gasteiger partial charge is 0.469 e. The maximum Gasteiger partial charge on any atom is 0.331 e. The van der Waals surface area contributed by atoms with Crippen LogP contribution in [0.5, 0.6) is 0 Å². The van der Waals surface area contributed by atoms with Gasteiger partial charge in [-0.25, -0.2) is 4.79 Å². The predicted molar refractivity (Wildman–Crippen MR) is 57.2 cm³/mol. The molecule has 0 aromatic carbocycles. The maximum absolute atomic E-state index is 11.5. The van der Waals surface area contributed by atoms with Crippen molar-refractivity contribution in [3.05, 3.63) is 45.4 Å². The lowest BCUT2D eigenvalue weighted by Gasteiger charge is -2.25. The van der Waals surface area contributed by atoms with E-state index in [2.05, 4.69) is 6.58 Å². The van der Waals surface area contributed by atoms with Gasteiger partial charge in [-0.15, -0.1) is 0 Å². The molecule has 1 aliphatic rings. The summed E-state index contributed by atoms with van der Waals surface area (Å²) in [6, 6.07) is 1.12. The van der Waals surface area contributed by atoms with Crippen LogP contribution in [-0.4, -0.2) is 31.5 Å². The van der Waals surface area contributed by atoms with E-state index in [4.69, 9.17) is 4.74 Å². The molecular formula is C10H12N2O5. The minimum Gasteiger partial charge on any atom is -0.469 e. The van der Waals surface area contributed by atoms with Gasteiger partial charge < -0.3 is 14.9 Å². The van der Waals surface area contributed by atoms with Gasteiger partial charge in [-0.2, -0.15) is 0 Å². The molecular weight excluding hydrogens is 228 g/mol. The van der Waals surface area contributed by atoms with Gasteiger partial charge in [-0.05, 0) is 6.92 Å². The van der Waals surface area contributed by atoms with Crippen molar-refractivity contribution in [1.29, 1.82) is 0 Å². The van der Waals surface area contributed by atoms with Gasteiger partial charge in [0, 0.05) is 12.3 Å². The van der Waals surface area contributed by atoms with Crippen LogP contribution in [0.15, 0.2) is 34.2 Å². The number of nitrogens with zero attached hydrogens (tertiary/aromatic N) is 1. The van der Waals surface area contributed by atoms with Crippen molar-refractivity contribution in [2.24, 2.45) is 0 Å². The molecule has 0 amide bonds. The Labute approximate surface area is 95.6 Å². The summed E-state index contributed by atoms with van der Waals surface area (Å²) in [5.41, 5.74) is -2.98. The van der Waals surface area contributed by atoms with E-state index in [1.807, 2.05) is 4.98 Å². The van der Waals surface area contributed by atoms with E-state index in [0.29, 0.717) is 0 Å². The van der Waals surface area contributed by atoms with Crippen molar-refractivity contribution in [3.8, 4) is 0 Å². The molecule has 0 saturated carbocycles. The van der Waals surface area contributed by atoms with Crippen LogP contribution in [0.25, 0.3) is 0 Å². The Morgan fingerprint density at radius 2 is 2.24 bits per heavy atom. The number of aliphatic hydroxyl groups excluding tert-OH is 1. The number of hydrogen-bond donors (Lipinski definition) is 3. The number of hydrogen-bond acceptors (Lipinski definition) is 5. The molecule has 92 valence electrons. The minimum atomic E-state index is -1.70. The third-order valence-corrected chi connectivity index (χ3v) is 2.73. The summed E-state index contributed by atoms with van der Waals surface area (Å²) in [6.07, 6.45) is -1.24. The first kappa shape index (κ1) is 11.6. The van der Waals surface area contributed by atoms with Gasteiger partial charge in [0.05, 0.1) is 0 Å². The molecule has 7 heteroatoms. The predicted octanol–water partition coefficient (Wildman–Crippen LogP) is -1.31. The highest BCUT2D eigenvalue weighted by Crippen LogP contribution is 2.38. The van der Waals surface area contributed by atoms with Crippen LogP contribution in [0.1, 0.15) is 13.2 Å². The Morgan fingerprint density at radius 3 is 2.71 bits per heavy atom. The van der Waals surface area contributed by atoms with Crippen LogP contribution in [0.3, 0.4) is 0 Å². The lowest BCUT2D eigenvalue weighted by atomic mass is 9.99. The van der Waals surface area contributed by atoms with Crippen LogP contribution in [-0.2, 0) is 4.74 Å². The van der Waals surface area contributed by atoms with Crippen LogP contribution < -0.4 is 11.2 Å². The van der Waals surface area contributed by atoms with Crippen LogP contribution in [0.2, 0.25) is 0 Å². The zero-order chi connectivity index (χ0) is 12.8. The average Bonchev–Trinajstić information content (AvgIpc) is 2.43. The molecule has 2 heterocycles. The highest BCUT2D eigenvalue weighted by atomic mass is 16.6. The third-order valence-electron chi connectivity index (χ3n) is 2.73. The summed E-state index contributed by atoms with van der Waals surface area (Å²) >= 11 is 0. The lowest BCUT2D eigenvalue weighted by molar-refractivity contribution is -0.0950. The van der Waals surface area contributed by atoms with Gasteiger partial charge in [0.1, 0.15) is 11.9 Å². The summed E-state index contributed by atoms with van der Waals surface area (Å²) < 4.78 is 6.13. The molecule has 3 N–H and O–H groups in total. The van der Waals surface area contributed by atoms with Crippen molar-refractivity contribution in [1.82, 2.24) is 9.55 Å². The standard InChI is InChI=1S/C10H12N2O5/c1-5-7(14)10(2,16)8(17-5)12-4-3-6(13)11-9(12)15/h3-4,7-8,14,16H,1H2,2H3,(H,11,13,15)/t7-,8-,10-/m1/s1. The van der Waals surface area contributed by atoms with E-state index in [1.165, 1.54) is 13.1 Å². The highest BCUT2D eigenvalue weighted by Gasteiger charge is 2.50. The number of aliphatic hydroxyl groups is 2. The molecule has 0 aliphatic carbocycles. The Morgan fingerprint density at radius 1 is 1.59 bits per heavy atom. The number of nitrogens with one attached hydrogen (secondary N) is 1. The van der Waals surface area contributed by atoms with E-state index in [0.717, 1.165) is 10.6 Å². The number of H-pyrrole nitrogens is 1. The second-order valence-corrected chi connectivity index (χ2v) is 4.08. The Bertz CT molecular complexity index is 571. The number of ether oxygens (including phenoxy) is 1. The maximum atomic E-state index is 11.5. The van der Waals surface area contributed by atoms with Crippen molar-refractivity contribution in [2.45, 2.75) is 24.9 Å². The van der Waals surface area contributed by atoms with Gasteiger partial charge in [-0.1, -0.05) is 6.58 Å². The topological polar surface area (TPSA) is 105 Å². The Kier molecular flexibility index (Phi) is 2.44. The van der Waals surface area contributed by atoms with E-state index in [9.17, 15) is 19.8 Å². The first-order valence-electron chi connectivity index (χ1n) is 4.91. The summed E-state index contributed by atoms with van der Waals surface area (Å²) in [5, 5.41) is 19.7. The van der Waals surface area contributed by atoms with E-state index in [1.54, 1.807) is 0 Å². The van der Waals surface area contributed by atoms with Crippen molar-refractivity contribution < 1.29 is 14.9 Å². The average molecular weight is 240 g/mol. The molecule has 2 rings (SSSR count). The normalized spacial score (nSPS) is 32.5.